The molecule has 0 bridgehead atoms. The van der Waals surface area contributed by atoms with Gasteiger partial charge in [-0.1, -0.05) is 29.1 Å². The van der Waals surface area contributed by atoms with Crippen LogP contribution in [0.25, 0.3) is 0 Å². The van der Waals surface area contributed by atoms with Crippen LogP contribution in [0.15, 0.2) is 17.3 Å². The maximum atomic E-state index is 10.6. The molecule has 5 N–H and O–H groups in total. The maximum absolute atomic E-state index is 10.6. The van der Waals surface area contributed by atoms with E-state index in [-0.39, 0.29) is 11.5 Å². The van der Waals surface area contributed by atoms with Crippen molar-refractivity contribution in [1.82, 2.24) is 0 Å². The molecule has 0 unspecified atom stereocenters. The molecule has 10 nitrogen and oxygen atoms in total. The summed E-state index contributed by atoms with van der Waals surface area (Å²) in [6.07, 6.45) is -5.68. The van der Waals surface area contributed by atoms with E-state index in [0.29, 0.717) is 17.3 Å². The van der Waals surface area contributed by atoms with Crippen molar-refractivity contribution in [3.8, 4) is 0 Å². The van der Waals surface area contributed by atoms with E-state index in [9.17, 15) is 23.7 Å². The van der Waals surface area contributed by atoms with Crippen LogP contribution in [0, 0.1) is 0 Å². The number of thioether (sulfide) groups is 1. The van der Waals surface area contributed by atoms with Gasteiger partial charge in [-0.2, -0.15) is 8.42 Å². The zero-order valence-corrected chi connectivity index (χ0v) is 13.8. The lowest BCUT2D eigenvalue weighted by molar-refractivity contribution is -0.205. The van der Waals surface area contributed by atoms with E-state index in [1.54, 1.807) is 6.92 Å². The van der Waals surface area contributed by atoms with Crippen LogP contribution >= 0.6 is 11.8 Å². The molecule has 0 aromatic carbocycles. The molecule has 0 aromatic heterocycles. The summed E-state index contributed by atoms with van der Waals surface area (Å²) in [7, 11) is -4.81. The molecule has 23 heavy (non-hydrogen) atoms. The molecule has 1 fully saturated rings. The second-order valence-corrected chi connectivity index (χ2v) is 7.11. The number of rotatable bonds is 6. The summed E-state index contributed by atoms with van der Waals surface area (Å²) in [5, 5.41) is 41.6. The van der Waals surface area contributed by atoms with E-state index in [2.05, 4.69) is 16.0 Å². The van der Waals surface area contributed by atoms with E-state index < -0.39 is 46.9 Å². The van der Waals surface area contributed by atoms with Crippen molar-refractivity contribution >= 4 is 27.2 Å². The minimum absolute atomic E-state index is 0.0144. The highest BCUT2D eigenvalue weighted by Gasteiger charge is 2.44. The largest absolute Gasteiger partial charge is 0.466 e. The Balaban J connectivity index is 2.90. The highest BCUT2D eigenvalue weighted by molar-refractivity contribution is 8.14. The Kier molecular flexibility index (Phi) is 7.41. The van der Waals surface area contributed by atoms with Crippen molar-refractivity contribution in [2.75, 3.05) is 6.61 Å². The molecule has 5 atom stereocenters. The Labute approximate surface area is 137 Å². The number of aliphatic hydroxyl groups excluding tert-OH is 4. The summed E-state index contributed by atoms with van der Waals surface area (Å²) in [6, 6.07) is 0. The van der Waals surface area contributed by atoms with E-state index in [1.165, 1.54) is 0 Å². The van der Waals surface area contributed by atoms with Crippen molar-refractivity contribution < 1.29 is 42.4 Å². The van der Waals surface area contributed by atoms with Crippen molar-refractivity contribution in [2.24, 2.45) is 5.16 Å². The standard InChI is InChI=1S/C11H19NO9S2/c1-5(2)3-7(12-21-23(17,18)19)22-11-10(16)9(15)8(14)6(4-13)20-11/h6,8-11,13-16H,1,3-4H2,2H3,(H,17,18,19)/b12-7-/t6-,8-,9+,10-,11+/m1/s1. The smallest absolute Gasteiger partial charge is 0.394 e. The Morgan fingerprint density at radius 2 is 1.91 bits per heavy atom. The first-order valence-corrected chi connectivity index (χ1v) is 8.64. The number of allylic oxidation sites excluding steroid dienone is 1. The number of aliphatic hydroxyl groups is 4. The van der Waals surface area contributed by atoms with E-state index in [4.69, 9.17) is 14.4 Å². The molecule has 0 aromatic rings. The molecule has 1 saturated heterocycles. The van der Waals surface area contributed by atoms with Gasteiger partial charge in [-0.15, -0.1) is 0 Å². The van der Waals surface area contributed by atoms with Gasteiger partial charge in [0.15, 0.2) is 0 Å². The molecule has 12 heteroatoms. The molecule has 0 aliphatic carbocycles. The number of oxime groups is 1. The zero-order valence-electron chi connectivity index (χ0n) is 12.1. The summed E-state index contributed by atoms with van der Waals surface area (Å²) in [5.74, 6) is 0. The molecule has 1 aliphatic rings. The number of hydrogen-bond donors (Lipinski definition) is 5. The quantitative estimate of drug-likeness (QED) is 0.123. The van der Waals surface area contributed by atoms with Crippen LogP contribution in [-0.4, -0.2) is 74.9 Å². The van der Waals surface area contributed by atoms with E-state index >= 15 is 0 Å². The minimum atomic E-state index is -4.81. The SMILES string of the molecule is C=C(C)C/C(=N/OS(=O)(=O)O)S[C@@H]1O[C@H](CO)[C@@H](O)[C@H](O)[C@H]1O. The van der Waals surface area contributed by atoms with E-state index in [0.717, 1.165) is 0 Å². The molecule has 0 amide bonds. The minimum Gasteiger partial charge on any atom is -0.394 e. The van der Waals surface area contributed by atoms with Gasteiger partial charge in [0.2, 0.25) is 0 Å². The van der Waals surface area contributed by atoms with Crippen LogP contribution < -0.4 is 0 Å². The van der Waals surface area contributed by atoms with Gasteiger partial charge in [-0.25, -0.2) is 4.28 Å². The highest BCUT2D eigenvalue weighted by atomic mass is 32.3. The van der Waals surface area contributed by atoms with Gasteiger partial charge in [0.1, 0.15) is 34.9 Å². The fourth-order valence-corrected chi connectivity index (χ4v) is 3.15. The molecule has 134 valence electrons. The molecular weight excluding hydrogens is 354 g/mol. The number of hydrogen-bond acceptors (Lipinski definition) is 10. The first-order valence-electron chi connectivity index (χ1n) is 6.39. The fraction of sp³-hybridized carbons (Fsp3) is 0.727. The second-order valence-electron chi connectivity index (χ2n) is 4.94. The molecule has 0 saturated carbocycles. The van der Waals surface area contributed by atoms with Crippen LogP contribution in [0.5, 0.6) is 0 Å². The third-order valence-corrected chi connectivity index (χ3v) is 4.16. The molecule has 1 heterocycles. The lowest BCUT2D eigenvalue weighted by atomic mass is 10.0. The van der Waals surface area contributed by atoms with Gasteiger partial charge < -0.3 is 25.2 Å². The number of ether oxygens (including phenoxy) is 1. The summed E-state index contributed by atoms with van der Waals surface area (Å²) >= 11 is 0.702. The third kappa shape index (κ3) is 6.35. The van der Waals surface area contributed by atoms with Crippen LogP contribution in [-0.2, 0) is 19.4 Å². The summed E-state index contributed by atoms with van der Waals surface area (Å²) in [5.41, 5.74) is -0.589. The monoisotopic (exact) mass is 373 g/mol. The fourth-order valence-electron chi connectivity index (χ4n) is 1.74. The molecular formula is C11H19NO9S2. The Morgan fingerprint density at radius 3 is 2.39 bits per heavy atom. The third-order valence-electron chi connectivity index (χ3n) is 2.79. The Morgan fingerprint density at radius 1 is 1.30 bits per heavy atom. The first kappa shape index (κ1) is 20.3. The maximum Gasteiger partial charge on any atom is 0.466 e. The van der Waals surface area contributed by atoms with Crippen molar-refractivity contribution in [3.05, 3.63) is 12.2 Å². The average Bonchev–Trinajstić information content (AvgIpc) is 2.44. The number of nitrogens with zero attached hydrogens (tertiary/aromatic N) is 1. The summed E-state index contributed by atoms with van der Waals surface area (Å²) < 4.78 is 38.9. The lowest BCUT2D eigenvalue weighted by Gasteiger charge is -2.39. The van der Waals surface area contributed by atoms with Gasteiger partial charge >= 0.3 is 10.4 Å². The van der Waals surface area contributed by atoms with E-state index in [1.807, 2.05) is 0 Å². The highest BCUT2D eigenvalue weighted by Crippen LogP contribution is 2.30. The normalized spacial score (nSPS) is 32.6. The van der Waals surface area contributed by atoms with Crippen molar-refractivity contribution in [3.63, 3.8) is 0 Å². The van der Waals surface area contributed by atoms with Crippen LogP contribution in [0.1, 0.15) is 13.3 Å². The van der Waals surface area contributed by atoms with Gasteiger partial charge in [0.05, 0.1) is 6.61 Å². The van der Waals surface area contributed by atoms with Crippen LogP contribution in [0.2, 0.25) is 0 Å². The Hall–Kier alpha value is -0.730. The lowest BCUT2D eigenvalue weighted by Crippen LogP contribution is -2.57. The van der Waals surface area contributed by atoms with Crippen molar-refractivity contribution in [1.29, 1.82) is 0 Å². The average molecular weight is 373 g/mol. The predicted molar refractivity (Wildman–Crippen MR) is 80.9 cm³/mol. The molecule has 1 aliphatic heterocycles. The summed E-state index contributed by atoms with van der Waals surface area (Å²) in [4.78, 5) is 0. The van der Waals surface area contributed by atoms with Gasteiger partial charge in [0, 0.05) is 6.42 Å². The summed E-state index contributed by atoms with van der Waals surface area (Å²) in [6.45, 7) is 4.64. The molecule has 0 radical (unpaired) electrons. The zero-order chi connectivity index (χ0) is 17.8. The van der Waals surface area contributed by atoms with Crippen molar-refractivity contribution in [2.45, 2.75) is 43.2 Å². The molecule has 0 spiro atoms. The Bertz CT molecular complexity index is 548. The van der Waals surface area contributed by atoms with Gasteiger partial charge in [0.25, 0.3) is 0 Å². The van der Waals surface area contributed by atoms with Gasteiger partial charge in [-0.3, -0.25) is 4.55 Å². The second kappa shape index (κ2) is 8.39. The predicted octanol–water partition coefficient (Wildman–Crippen LogP) is -1.38. The topological polar surface area (TPSA) is 166 Å². The van der Waals surface area contributed by atoms with Crippen LogP contribution in [0.3, 0.4) is 0 Å². The van der Waals surface area contributed by atoms with Gasteiger partial charge in [-0.05, 0) is 6.92 Å². The first-order chi connectivity index (χ1) is 10.5. The van der Waals surface area contributed by atoms with Crippen LogP contribution in [0.4, 0.5) is 0 Å². The molecule has 1 rings (SSSR count).